The second kappa shape index (κ2) is 15.8. The first-order valence-electron chi connectivity index (χ1n) is 15.5. The van der Waals surface area contributed by atoms with Crippen molar-refractivity contribution in [2.75, 3.05) is 51.4 Å². The number of carbonyl (C=O) groups is 4. The van der Waals surface area contributed by atoms with Crippen molar-refractivity contribution in [3.05, 3.63) is 82.2 Å². The Morgan fingerprint density at radius 2 is 1.72 bits per heavy atom. The quantitative estimate of drug-likeness (QED) is 0.139. The minimum absolute atomic E-state index is 0.102. The van der Waals surface area contributed by atoms with Crippen molar-refractivity contribution in [3.63, 3.8) is 0 Å². The number of aromatic carboxylic acids is 1. The number of amides is 1. The fourth-order valence-electron chi connectivity index (χ4n) is 5.53. The van der Waals surface area contributed by atoms with Crippen LogP contribution >= 0.6 is 0 Å². The number of hydrogen-bond acceptors (Lipinski definition) is 9. The molecule has 0 radical (unpaired) electrons. The minimum Gasteiger partial charge on any atom is -0.493 e. The highest BCUT2D eigenvalue weighted by Crippen LogP contribution is 2.27. The summed E-state index contributed by atoms with van der Waals surface area (Å²) in [4.78, 5) is 51.7. The van der Waals surface area contributed by atoms with Gasteiger partial charge < -0.3 is 19.5 Å². The largest absolute Gasteiger partial charge is 0.493 e. The lowest BCUT2D eigenvalue weighted by Gasteiger charge is -2.34. The van der Waals surface area contributed by atoms with E-state index in [-0.39, 0.29) is 65.3 Å². The van der Waals surface area contributed by atoms with Crippen LogP contribution in [-0.2, 0) is 21.2 Å². The number of esters is 1. The fourth-order valence-corrected chi connectivity index (χ4v) is 6.98. The molecule has 0 saturated carbocycles. The van der Waals surface area contributed by atoms with Gasteiger partial charge in [0.25, 0.3) is 5.91 Å². The Morgan fingerprint density at radius 1 is 1.02 bits per heavy atom. The number of ether oxygens (including phenoxy) is 2. The lowest BCUT2D eigenvalue weighted by atomic mass is 10.1. The highest BCUT2D eigenvalue weighted by molar-refractivity contribution is 7.89. The van der Waals surface area contributed by atoms with E-state index < -0.39 is 21.9 Å². The third-order valence-electron chi connectivity index (χ3n) is 7.91. The van der Waals surface area contributed by atoms with Gasteiger partial charge in [0.1, 0.15) is 5.75 Å². The molecule has 13 nitrogen and oxygen atoms in total. The summed E-state index contributed by atoms with van der Waals surface area (Å²) in [6, 6.07) is 12.7. The van der Waals surface area contributed by atoms with Crippen molar-refractivity contribution >= 4 is 34.2 Å². The van der Waals surface area contributed by atoms with E-state index in [0.29, 0.717) is 56.4 Å². The average molecular weight is 669 g/mol. The molecule has 0 aliphatic carbocycles. The third kappa shape index (κ3) is 8.07. The average Bonchev–Trinajstić information content (AvgIpc) is 3.33. The number of piperazine rings is 1. The van der Waals surface area contributed by atoms with Crippen LogP contribution in [0.2, 0.25) is 0 Å². The Morgan fingerprint density at radius 3 is 2.34 bits per heavy atom. The van der Waals surface area contributed by atoms with Crippen LogP contribution in [0, 0.1) is 6.92 Å². The van der Waals surface area contributed by atoms with Gasteiger partial charge in [0, 0.05) is 38.3 Å². The zero-order valence-corrected chi connectivity index (χ0v) is 27.5. The fraction of sp³-hybridized carbons (Fsp3) is 0.394. The number of hydrogen-bond donors (Lipinski definition) is 2. The Labute approximate surface area is 274 Å². The van der Waals surface area contributed by atoms with Crippen LogP contribution in [0.5, 0.6) is 5.75 Å². The highest BCUT2D eigenvalue weighted by Gasteiger charge is 2.31. The van der Waals surface area contributed by atoms with Crippen LogP contribution in [-0.4, -0.2) is 97.5 Å². The van der Waals surface area contributed by atoms with Gasteiger partial charge in [-0.25, -0.2) is 22.7 Å². The Bertz CT molecular complexity index is 1710. The molecule has 0 atom stereocenters. The van der Waals surface area contributed by atoms with Crippen LogP contribution in [0.4, 0.5) is 0 Å². The molecule has 1 aliphatic heterocycles. The van der Waals surface area contributed by atoms with E-state index in [9.17, 15) is 32.7 Å². The van der Waals surface area contributed by atoms with Gasteiger partial charge in [0.2, 0.25) is 10.0 Å². The monoisotopic (exact) mass is 668 g/mol. The molecule has 1 aliphatic rings. The first-order chi connectivity index (χ1) is 22.5. The Balaban J connectivity index is 1.46. The number of sulfonamides is 1. The van der Waals surface area contributed by atoms with E-state index in [2.05, 4.69) is 10.3 Å². The Kier molecular flexibility index (Phi) is 11.9. The molecule has 0 bridgehead atoms. The van der Waals surface area contributed by atoms with E-state index in [1.165, 1.54) is 29.4 Å². The topological polar surface area (TPSA) is 165 Å². The predicted molar refractivity (Wildman–Crippen MR) is 173 cm³/mol. The van der Waals surface area contributed by atoms with Crippen molar-refractivity contribution < 1.29 is 42.2 Å². The van der Waals surface area contributed by atoms with Gasteiger partial charge in [-0.3, -0.25) is 15.0 Å². The number of carbonyl (C=O) groups excluding carboxylic acids is 3. The van der Waals surface area contributed by atoms with E-state index >= 15 is 0 Å². The number of aldehydes is 1. The van der Waals surface area contributed by atoms with E-state index in [4.69, 9.17) is 9.47 Å². The van der Waals surface area contributed by atoms with Gasteiger partial charge in [-0.15, -0.1) is 0 Å². The summed E-state index contributed by atoms with van der Waals surface area (Å²) < 4.78 is 40.8. The summed E-state index contributed by atoms with van der Waals surface area (Å²) >= 11 is 0. The highest BCUT2D eigenvalue weighted by atomic mass is 32.2. The summed E-state index contributed by atoms with van der Waals surface area (Å²) in [5, 5.41) is 9.89. The number of benzene rings is 2. The number of carboxylic acids is 1. The molecule has 2 aromatic carbocycles. The van der Waals surface area contributed by atoms with Crippen LogP contribution in [0.1, 0.15) is 79.5 Å². The molecule has 0 unspecified atom stereocenters. The van der Waals surface area contributed by atoms with Crippen molar-refractivity contribution in [1.29, 1.82) is 0 Å². The molecule has 3 aromatic rings. The van der Waals surface area contributed by atoms with E-state index in [0.717, 1.165) is 4.68 Å². The summed E-state index contributed by atoms with van der Waals surface area (Å²) in [5.41, 5.74) is 3.41. The van der Waals surface area contributed by atoms with Gasteiger partial charge in [-0.1, -0.05) is 31.5 Å². The molecule has 1 amide bonds. The summed E-state index contributed by atoms with van der Waals surface area (Å²) in [6.07, 6.45) is 2.06. The summed E-state index contributed by atoms with van der Waals surface area (Å²) in [6.45, 7) is 7.53. The molecule has 1 aromatic heterocycles. The van der Waals surface area contributed by atoms with E-state index in [1.807, 2.05) is 13.0 Å². The first-order valence-corrected chi connectivity index (χ1v) is 16.9. The minimum atomic E-state index is -4.00. The lowest BCUT2D eigenvalue weighted by Crippen LogP contribution is -2.48. The third-order valence-corrected chi connectivity index (χ3v) is 9.80. The van der Waals surface area contributed by atoms with Crippen molar-refractivity contribution in [1.82, 2.24) is 13.9 Å². The maximum absolute atomic E-state index is 13.7. The molecule has 2 N–H and O–H groups in total. The van der Waals surface area contributed by atoms with Crippen LogP contribution < -0.4 is 10.2 Å². The standard InChI is InChI=1S/C33H40N4O9S/c1-4-10-28-27(22-38)23(3)30(32(40)41)37(28)34-31(39)26-21-25(13-14-29(26)45-5-2)47(43,44)36-18-16-35(17-19-36)15-9-20-46-33(42)24-11-7-6-8-12-24/h6-8,11-14,21-22H,4-5,9-10,15-20H2,1-3H3,(H,34,39)(H,40,41). The Hall–Kier alpha value is -4.53. The predicted octanol–water partition coefficient (Wildman–Crippen LogP) is 3.60. The lowest BCUT2D eigenvalue weighted by molar-refractivity contribution is 0.0482. The van der Waals surface area contributed by atoms with Crippen molar-refractivity contribution in [3.8, 4) is 5.75 Å². The molecular weight excluding hydrogens is 628 g/mol. The van der Waals surface area contributed by atoms with E-state index in [1.54, 1.807) is 31.2 Å². The van der Waals surface area contributed by atoms with Crippen LogP contribution in [0.25, 0.3) is 0 Å². The van der Waals surface area contributed by atoms with Crippen LogP contribution in [0.15, 0.2) is 53.4 Å². The van der Waals surface area contributed by atoms with Gasteiger partial charge in [-0.05, 0) is 62.6 Å². The molecule has 47 heavy (non-hydrogen) atoms. The van der Waals surface area contributed by atoms with Crippen LogP contribution in [0.3, 0.4) is 0 Å². The van der Waals surface area contributed by atoms with Crippen molar-refractivity contribution in [2.45, 2.75) is 44.9 Å². The normalized spacial score (nSPS) is 14.0. The molecular formula is C33H40N4O9S. The maximum Gasteiger partial charge on any atom is 0.354 e. The first kappa shape index (κ1) is 35.3. The van der Waals surface area contributed by atoms with Gasteiger partial charge in [0.05, 0.1) is 34.9 Å². The second-order valence-corrected chi connectivity index (χ2v) is 12.9. The molecule has 1 fully saturated rings. The zero-order valence-electron chi connectivity index (χ0n) is 26.7. The number of rotatable bonds is 15. The van der Waals surface area contributed by atoms with Crippen molar-refractivity contribution in [2.24, 2.45) is 0 Å². The maximum atomic E-state index is 13.7. The molecule has 4 rings (SSSR count). The smallest absolute Gasteiger partial charge is 0.354 e. The molecule has 1 saturated heterocycles. The molecule has 0 spiro atoms. The second-order valence-electron chi connectivity index (χ2n) is 11.0. The molecule has 252 valence electrons. The molecule has 2 heterocycles. The van der Waals surface area contributed by atoms with Gasteiger partial charge >= 0.3 is 11.9 Å². The summed E-state index contributed by atoms with van der Waals surface area (Å²) in [5.74, 6) is -2.39. The van der Waals surface area contributed by atoms with Gasteiger partial charge in [0.15, 0.2) is 12.0 Å². The molecule has 14 heteroatoms. The van der Waals surface area contributed by atoms with Gasteiger partial charge in [-0.2, -0.15) is 4.31 Å². The number of aromatic nitrogens is 1. The number of nitrogens with zero attached hydrogens (tertiary/aromatic N) is 3. The number of carboxylic acid groups (broad SMARTS) is 1. The zero-order chi connectivity index (χ0) is 34.1. The number of nitrogens with one attached hydrogen (secondary N) is 1. The summed E-state index contributed by atoms with van der Waals surface area (Å²) in [7, 11) is -4.00. The SMILES string of the molecule is CCCc1c(C=O)c(C)c(C(=O)O)n1NC(=O)c1cc(S(=O)(=O)N2CCN(CCCOC(=O)c3ccccc3)CC2)ccc1OCC.